The van der Waals surface area contributed by atoms with Crippen LogP contribution in [0, 0.1) is 5.82 Å². The van der Waals surface area contributed by atoms with Crippen LogP contribution in [0.3, 0.4) is 0 Å². The van der Waals surface area contributed by atoms with E-state index in [1.807, 2.05) is 0 Å². The van der Waals surface area contributed by atoms with Crippen LogP contribution in [0.4, 0.5) is 4.39 Å². The SMILES string of the molecule is COc1cccc(C(O)COc2ccc(CO)cc2F)c1. The maximum absolute atomic E-state index is 13.7. The van der Waals surface area contributed by atoms with Gasteiger partial charge in [0.15, 0.2) is 11.6 Å². The van der Waals surface area contributed by atoms with E-state index in [1.165, 1.54) is 12.1 Å². The van der Waals surface area contributed by atoms with Gasteiger partial charge >= 0.3 is 0 Å². The van der Waals surface area contributed by atoms with Gasteiger partial charge in [-0.1, -0.05) is 18.2 Å². The summed E-state index contributed by atoms with van der Waals surface area (Å²) in [5.41, 5.74) is 1.09. The zero-order valence-corrected chi connectivity index (χ0v) is 11.6. The Hall–Kier alpha value is -2.11. The zero-order chi connectivity index (χ0) is 15.2. The van der Waals surface area contributed by atoms with Gasteiger partial charge in [-0.15, -0.1) is 0 Å². The molecule has 0 amide bonds. The first-order valence-electron chi connectivity index (χ1n) is 6.48. The van der Waals surface area contributed by atoms with Gasteiger partial charge in [-0.2, -0.15) is 0 Å². The second-order valence-electron chi connectivity index (χ2n) is 4.53. The third kappa shape index (κ3) is 3.93. The fourth-order valence-electron chi connectivity index (χ4n) is 1.87. The van der Waals surface area contributed by atoms with Crippen molar-refractivity contribution in [2.75, 3.05) is 13.7 Å². The van der Waals surface area contributed by atoms with Gasteiger partial charge in [0, 0.05) is 0 Å². The summed E-state index contributed by atoms with van der Waals surface area (Å²) in [7, 11) is 1.54. The Kier molecular flexibility index (Phi) is 5.14. The number of benzene rings is 2. The van der Waals surface area contributed by atoms with Crippen molar-refractivity contribution in [3.8, 4) is 11.5 Å². The molecule has 0 heterocycles. The summed E-state index contributed by atoms with van der Waals surface area (Å²) in [4.78, 5) is 0. The minimum absolute atomic E-state index is 0.0362. The van der Waals surface area contributed by atoms with Crippen molar-refractivity contribution in [2.24, 2.45) is 0 Å². The first-order chi connectivity index (χ1) is 10.1. The second-order valence-corrected chi connectivity index (χ2v) is 4.53. The van der Waals surface area contributed by atoms with E-state index in [2.05, 4.69) is 0 Å². The Bertz CT molecular complexity index is 601. The number of halogens is 1. The highest BCUT2D eigenvalue weighted by atomic mass is 19.1. The maximum atomic E-state index is 13.7. The molecule has 2 rings (SSSR count). The van der Waals surface area contributed by atoms with Crippen LogP contribution in [0.15, 0.2) is 42.5 Å². The molecule has 21 heavy (non-hydrogen) atoms. The molecule has 0 aliphatic carbocycles. The number of methoxy groups -OCH3 is 1. The molecule has 2 aromatic carbocycles. The van der Waals surface area contributed by atoms with Crippen LogP contribution in [-0.2, 0) is 6.61 Å². The van der Waals surface area contributed by atoms with Gasteiger partial charge in [0.2, 0.25) is 0 Å². The Morgan fingerprint density at radius 3 is 2.67 bits per heavy atom. The van der Waals surface area contributed by atoms with E-state index in [4.69, 9.17) is 14.6 Å². The molecule has 0 saturated heterocycles. The summed E-state index contributed by atoms with van der Waals surface area (Å²) >= 11 is 0. The first-order valence-corrected chi connectivity index (χ1v) is 6.48. The minimum Gasteiger partial charge on any atom is -0.497 e. The monoisotopic (exact) mass is 292 g/mol. The molecule has 0 spiro atoms. The average molecular weight is 292 g/mol. The highest BCUT2D eigenvalue weighted by Gasteiger charge is 2.11. The molecule has 0 aromatic heterocycles. The smallest absolute Gasteiger partial charge is 0.165 e. The van der Waals surface area contributed by atoms with Crippen molar-refractivity contribution < 1.29 is 24.1 Å². The molecule has 1 atom stereocenters. The zero-order valence-electron chi connectivity index (χ0n) is 11.6. The van der Waals surface area contributed by atoms with E-state index >= 15 is 0 Å². The van der Waals surface area contributed by atoms with Crippen LogP contribution in [0.25, 0.3) is 0 Å². The van der Waals surface area contributed by atoms with Crippen LogP contribution in [0.2, 0.25) is 0 Å². The summed E-state index contributed by atoms with van der Waals surface area (Å²) in [5, 5.41) is 19.0. The fraction of sp³-hybridized carbons (Fsp3) is 0.250. The molecule has 1 unspecified atom stereocenters. The van der Waals surface area contributed by atoms with Gasteiger partial charge in [-0.05, 0) is 35.4 Å². The Morgan fingerprint density at radius 2 is 2.00 bits per heavy atom. The second kappa shape index (κ2) is 7.06. The van der Waals surface area contributed by atoms with E-state index in [-0.39, 0.29) is 19.0 Å². The van der Waals surface area contributed by atoms with Crippen LogP contribution < -0.4 is 9.47 Å². The summed E-state index contributed by atoms with van der Waals surface area (Å²) in [5.74, 6) is 0.0959. The average Bonchev–Trinajstić information content (AvgIpc) is 2.53. The molecule has 2 N–H and O–H groups in total. The van der Waals surface area contributed by atoms with Gasteiger partial charge in [0.05, 0.1) is 13.7 Å². The molecule has 0 saturated carbocycles. The van der Waals surface area contributed by atoms with E-state index in [9.17, 15) is 9.50 Å². The van der Waals surface area contributed by atoms with E-state index in [0.717, 1.165) is 0 Å². The maximum Gasteiger partial charge on any atom is 0.165 e. The highest BCUT2D eigenvalue weighted by Crippen LogP contribution is 2.22. The molecule has 4 nitrogen and oxygen atoms in total. The normalized spacial score (nSPS) is 12.0. The van der Waals surface area contributed by atoms with Gasteiger partial charge in [-0.25, -0.2) is 4.39 Å². The highest BCUT2D eigenvalue weighted by molar-refractivity contribution is 5.31. The standard InChI is InChI=1S/C16H17FO4/c1-20-13-4-2-3-12(8-13)15(19)10-21-16-6-5-11(9-18)7-14(16)17/h2-8,15,18-19H,9-10H2,1H3. The molecule has 0 radical (unpaired) electrons. The number of hydrogen-bond acceptors (Lipinski definition) is 4. The predicted molar refractivity (Wildman–Crippen MR) is 75.8 cm³/mol. The lowest BCUT2D eigenvalue weighted by Gasteiger charge is -2.14. The van der Waals surface area contributed by atoms with Crippen molar-refractivity contribution in [2.45, 2.75) is 12.7 Å². The molecular weight excluding hydrogens is 275 g/mol. The lowest BCUT2D eigenvalue weighted by molar-refractivity contribution is 0.105. The predicted octanol–water partition coefficient (Wildman–Crippen LogP) is 2.44. The Morgan fingerprint density at radius 1 is 1.19 bits per heavy atom. The number of aliphatic hydroxyl groups is 2. The van der Waals surface area contributed by atoms with Crippen molar-refractivity contribution in [1.82, 2.24) is 0 Å². The van der Waals surface area contributed by atoms with Crippen LogP contribution >= 0.6 is 0 Å². The molecule has 2 aromatic rings. The van der Waals surface area contributed by atoms with Crippen molar-refractivity contribution in [1.29, 1.82) is 0 Å². The number of aliphatic hydroxyl groups excluding tert-OH is 2. The van der Waals surface area contributed by atoms with E-state index < -0.39 is 11.9 Å². The third-order valence-electron chi connectivity index (χ3n) is 3.05. The van der Waals surface area contributed by atoms with Gasteiger partial charge in [0.25, 0.3) is 0 Å². The molecule has 5 heteroatoms. The lowest BCUT2D eigenvalue weighted by Crippen LogP contribution is -2.10. The van der Waals surface area contributed by atoms with Gasteiger partial charge in [-0.3, -0.25) is 0 Å². The third-order valence-corrected chi connectivity index (χ3v) is 3.05. The number of ether oxygens (including phenoxy) is 2. The lowest BCUT2D eigenvalue weighted by atomic mass is 10.1. The van der Waals surface area contributed by atoms with Crippen molar-refractivity contribution in [3.63, 3.8) is 0 Å². The fourth-order valence-corrected chi connectivity index (χ4v) is 1.87. The molecule has 0 fully saturated rings. The van der Waals surface area contributed by atoms with Crippen molar-refractivity contribution >= 4 is 0 Å². The van der Waals surface area contributed by atoms with Crippen molar-refractivity contribution in [3.05, 3.63) is 59.4 Å². The largest absolute Gasteiger partial charge is 0.497 e. The van der Waals surface area contributed by atoms with Gasteiger partial charge < -0.3 is 19.7 Å². The Balaban J connectivity index is 2.01. The van der Waals surface area contributed by atoms with Crippen LogP contribution in [-0.4, -0.2) is 23.9 Å². The van der Waals surface area contributed by atoms with Crippen LogP contribution in [0.1, 0.15) is 17.2 Å². The molecule has 0 bridgehead atoms. The number of rotatable bonds is 6. The van der Waals surface area contributed by atoms with Crippen LogP contribution in [0.5, 0.6) is 11.5 Å². The molecule has 0 aliphatic heterocycles. The van der Waals surface area contributed by atoms with E-state index in [0.29, 0.717) is 16.9 Å². The first kappa shape index (κ1) is 15.3. The number of hydrogen-bond donors (Lipinski definition) is 2. The summed E-state index contributed by atoms with van der Waals surface area (Å²) in [6.45, 7) is -0.313. The quantitative estimate of drug-likeness (QED) is 0.858. The minimum atomic E-state index is -0.892. The molecule has 112 valence electrons. The summed E-state index contributed by atoms with van der Waals surface area (Å²) in [6, 6.07) is 11.2. The Labute approximate surface area is 122 Å². The summed E-state index contributed by atoms with van der Waals surface area (Å²) < 4.78 is 24.0. The molecule has 0 aliphatic rings. The van der Waals surface area contributed by atoms with E-state index in [1.54, 1.807) is 37.4 Å². The summed E-state index contributed by atoms with van der Waals surface area (Å²) in [6.07, 6.45) is -0.892. The molecular formula is C16H17FO4. The topological polar surface area (TPSA) is 58.9 Å². The van der Waals surface area contributed by atoms with Gasteiger partial charge in [0.1, 0.15) is 18.5 Å².